The maximum Gasteiger partial charge on any atom is 0.0247 e. The minimum atomic E-state index is 0.694. The Morgan fingerprint density at radius 3 is 2.89 bits per heavy atom. The Labute approximate surface area is 114 Å². The largest absolute Gasteiger partial charge is 0.311 e. The molecule has 2 nitrogen and oxygen atoms in total. The van der Waals surface area contributed by atoms with Gasteiger partial charge in [-0.15, -0.1) is 0 Å². The van der Waals surface area contributed by atoms with E-state index in [4.69, 9.17) is 0 Å². The molecule has 1 saturated carbocycles. The van der Waals surface area contributed by atoms with Crippen LogP contribution in [0.4, 0.5) is 0 Å². The number of hydrogen-bond acceptors (Lipinski definition) is 3. The van der Waals surface area contributed by atoms with Gasteiger partial charge in [-0.05, 0) is 47.1 Å². The lowest BCUT2D eigenvalue weighted by atomic mass is 9.96. The van der Waals surface area contributed by atoms with Crippen LogP contribution in [0.1, 0.15) is 32.3 Å². The zero-order valence-corrected chi connectivity index (χ0v) is 12.2. The average molecular weight is 264 g/mol. The van der Waals surface area contributed by atoms with E-state index in [0.717, 1.165) is 24.4 Å². The summed E-state index contributed by atoms with van der Waals surface area (Å²) in [4.78, 5) is 2.71. The van der Waals surface area contributed by atoms with Gasteiger partial charge in [0.05, 0.1) is 0 Å². The first-order chi connectivity index (χ1) is 8.74. The van der Waals surface area contributed by atoms with E-state index in [1.54, 1.807) is 0 Å². The van der Waals surface area contributed by atoms with E-state index in [0.29, 0.717) is 6.04 Å². The minimum absolute atomic E-state index is 0.694. The van der Waals surface area contributed by atoms with Crippen molar-refractivity contribution in [2.45, 2.75) is 45.3 Å². The molecule has 1 N–H and O–H groups in total. The molecule has 0 spiro atoms. The fraction of sp³-hybridized carbons (Fsp3) is 0.733. The van der Waals surface area contributed by atoms with Crippen LogP contribution in [0, 0.1) is 11.8 Å². The number of rotatable bonds is 4. The van der Waals surface area contributed by atoms with Crippen LogP contribution in [0.5, 0.6) is 0 Å². The van der Waals surface area contributed by atoms with Crippen molar-refractivity contribution < 1.29 is 0 Å². The summed E-state index contributed by atoms with van der Waals surface area (Å²) in [6, 6.07) is 3.72. The number of nitrogens with zero attached hydrogens (tertiary/aromatic N) is 1. The van der Waals surface area contributed by atoms with Crippen LogP contribution >= 0.6 is 11.3 Å². The van der Waals surface area contributed by atoms with Gasteiger partial charge in [-0.3, -0.25) is 4.90 Å². The number of nitrogens with one attached hydrogen (secondary N) is 1. The standard InChI is InChI=1S/C15H24N2S/c1-11(2)15-7-16-14(13-3-4-13)9-17(15)8-12-5-6-18-10-12/h5-6,10-11,13-16H,3-4,7-9H2,1-2H3. The SMILES string of the molecule is CC(C)C1CNC(C2CC2)CN1Cc1ccsc1. The second-order valence-corrected chi connectivity index (χ2v) is 7.00. The maximum atomic E-state index is 3.78. The molecule has 0 bridgehead atoms. The van der Waals surface area contributed by atoms with Crippen LogP contribution < -0.4 is 5.32 Å². The summed E-state index contributed by atoms with van der Waals surface area (Å²) in [6.45, 7) is 8.25. The lowest BCUT2D eigenvalue weighted by molar-refractivity contribution is 0.0853. The molecule has 1 aliphatic carbocycles. The van der Waals surface area contributed by atoms with Crippen LogP contribution in [-0.2, 0) is 6.54 Å². The van der Waals surface area contributed by atoms with Gasteiger partial charge in [-0.1, -0.05) is 13.8 Å². The first-order valence-electron chi connectivity index (χ1n) is 7.22. The molecule has 0 aromatic carbocycles. The van der Waals surface area contributed by atoms with Crippen molar-refractivity contribution in [1.82, 2.24) is 10.2 Å². The Morgan fingerprint density at radius 1 is 1.44 bits per heavy atom. The quantitative estimate of drug-likeness (QED) is 0.899. The van der Waals surface area contributed by atoms with Crippen LogP contribution in [0.25, 0.3) is 0 Å². The molecule has 1 saturated heterocycles. The highest BCUT2D eigenvalue weighted by molar-refractivity contribution is 7.07. The second-order valence-electron chi connectivity index (χ2n) is 6.22. The minimum Gasteiger partial charge on any atom is -0.311 e. The fourth-order valence-electron chi connectivity index (χ4n) is 3.12. The zero-order valence-electron chi connectivity index (χ0n) is 11.4. The monoisotopic (exact) mass is 264 g/mol. The Hall–Kier alpha value is -0.380. The summed E-state index contributed by atoms with van der Waals surface area (Å²) in [5.74, 6) is 1.69. The summed E-state index contributed by atoms with van der Waals surface area (Å²) in [7, 11) is 0. The van der Waals surface area contributed by atoms with E-state index in [1.165, 1.54) is 31.5 Å². The predicted octanol–water partition coefficient (Wildman–Crippen LogP) is 2.96. The number of thiophene rings is 1. The molecule has 100 valence electrons. The summed E-state index contributed by atoms with van der Waals surface area (Å²) < 4.78 is 0. The van der Waals surface area contributed by atoms with Crippen molar-refractivity contribution in [3.8, 4) is 0 Å². The summed E-state index contributed by atoms with van der Waals surface area (Å²) in [5.41, 5.74) is 1.49. The molecule has 1 aliphatic heterocycles. The van der Waals surface area contributed by atoms with Crippen molar-refractivity contribution in [2.75, 3.05) is 13.1 Å². The topological polar surface area (TPSA) is 15.3 Å². The third-order valence-electron chi connectivity index (χ3n) is 4.42. The maximum absolute atomic E-state index is 3.78. The van der Waals surface area contributed by atoms with Gasteiger partial charge in [0, 0.05) is 31.7 Å². The molecule has 2 atom stereocenters. The molecule has 2 aliphatic rings. The molecular formula is C15H24N2S. The Kier molecular flexibility index (Phi) is 3.73. The molecule has 2 fully saturated rings. The smallest absolute Gasteiger partial charge is 0.0247 e. The van der Waals surface area contributed by atoms with E-state index >= 15 is 0 Å². The summed E-state index contributed by atoms with van der Waals surface area (Å²) >= 11 is 1.81. The molecule has 18 heavy (non-hydrogen) atoms. The Balaban J connectivity index is 1.68. The van der Waals surface area contributed by atoms with Crippen molar-refractivity contribution in [3.63, 3.8) is 0 Å². The van der Waals surface area contributed by atoms with Crippen LogP contribution in [-0.4, -0.2) is 30.1 Å². The Morgan fingerprint density at radius 2 is 2.28 bits per heavy atom. The molecule has 0 amide bonds. The zero-order chi connectivity index (χ0) is 12.5. The lowest BCUT2D eigenvalue weighted by Crippen LogP contribution is -2.58. The van der Waals surface area contributed by atoms with Gasteiger partial charge in [0.1, 0.15) is 0 Å². The molecule has 2 unspecified atom stereocenters. The van der Waals surface area contributed by atoms with Gasteiger partial charge in [0.25, 0.3) is 0 Å². The van der Waals surface area contributed by atoms with Crippen molar-refractivity contribution >= 4 is 11.3 Å². The molecule has 1 aromatic heterocycles. The first kappa shape index (κ1) is 12.6. The lowest BCUT2D eigenvalue weighted by Gasteiger charge is -2.42. The van der Waals surface area contributed by atoms with Gasteiger partial charge in [0.2, 0.25) is 0 Å². The van der Waals surface area contributed by atoms with Crippen LogP contribution in [0.2, 0.25) is 0 Å². The molecule has 1 aromatic rings. The number of piperazine rings is 1. The van der Waals surface area contributed by atoms with Gasteiger partial charge in [-0.2, -0.15) is 11.3 Å². The second kappa shape index (κ2) is 5.32. The molecular weight excluding hydrogens is 240 g/mol. The van der Waals surface area contributed by atoms with Crippen molar-refractivity contribution in [1.29, 1.82) is 0 Å². The molecule has 3 rings (SSSR count). The predicted molar refractivity (Wildman–Crippen MR) is 77.9 cm³/mol. The van der Waals surface area contributed by atoms with Gasteiger partial charge in [-0.25, -0.2) is 0 Å². The third-order valence-corrected chi connectivity index (χ3v) is 5.15. The first-order valence-corrected chi connectivity index (χ1v) is 8.17. The molecule has 3 heteroatoms. The van der Waals surface area contributed by atoms with Gasteiger partial charge in [0.15, 0.2) is 0 Å². The van der Waals surface area contributed by atoms with Crippen molar-refractivity contribution in [2.24, 2.45) is 11.8 Å². The average Bonchev–Trinajstić information content (AvgIpc) is 3.08. The highest BCUT2D eigenvalue weighted by Crippen LogP contribution is 2.35. The normalized spacial score (nSPS) is 29.9. The van der Waals surface area contributed by atoms with Crippen LogP contribution in [0.3, 0.4) is 0 Å². The van der Waals surface area contributed by atoms with E-state index in [-0.39, 0.29) is 0 Å². The van der Waals surface area contributed by atoms with E-state index in [9.17, 15) is 0 Å². The fourth-order valence-corrected chi connectivity index (χ4v) is 3.78. The van der Waals surface area contributed by atoms with E-state index in [1.807, 2.05) is 11.3 Å². The third kappa shape index (κ3) is 2.79. The highest BCUT2D eigenvalue weighted by atomic mass is 32.1. The molecule has 0 radical (unpaired) electrons. The van der Waals surface area contributed by atoms with Crippen molar-refractivity contribution in [3.05, 3.63) is 22.4 Å². The van der Waals surface area contributed by atoms with Crippen LogP contribution in [0.15, 0.2) is 16.8 Å². The Bertz CT molecular complexity index is 370. The van der Waals surface area contributed by atoms with Gasteiger partial charge < -0.3 is 5.32 Å². The summed E-state index contributed by atoms with van der Waals surface area (Å²) in [6.07, 6.45) is 2.88. The molecule has 2 heterocycles. The van der Waals surface area contributed by atoms with Gasteiger partial charge >= 0.3 is 0 Å². The number of hydrogen-bond donors (Lipinski definition) is 1. The van der Waals surface area contributed by atoms with E-state index in [2.05, 4.69) is 40.9 Å². The van der Waals surface area contributed by atoms with E-state index < -0.39 is 0 Å². The summed E-state index contributed by atoms with van der Waals surface area (Å²) in [5, 5.41) is 8.27. The highest BCUT2D eigenvalue weighted by Gasteiger charge is 2.37.